The van der Waals surface area contributed by atoms with Gasteiger partial charge >= 0.3 is 0 Å². The van der Waals surface area contributed by atoms with E-state index in [-0.39, 0.29) is 16.1 Å². The number of pyridine rings is 1. The van der Waals surface area contributed by atoms with Gasteiger partial charge in [-0.05, 0) is 72.4 Å². The molecule has 1 saturated heterocycles. The van der Waals surface area contributed by atoms with Crippen LogP contribution in [0.15, 0.2) is 50.9 Å². The van der Waals surface area contributed by atoms with E-state index in [0.717, 1.165) is 29.3 Å². The zero-order valence-electron chi connectivity index (χ0n) is 16.4. The highest BCUT2D eigenvalue weighted by Gasteiger charge is 2.26. The smallest absolute Gasteiger partial charge is 0.244 e. The fourth-order valence-electron chi connectivity index (χ4n) is 3.03. The molecule has 0 aliphatic carbocycles. The van der Waals surface area contributed by atoms with E-state index in [1.54, 1.807) is 19.1 Å². The van der Waals surface area contributed by atoms with Crippen molar-refractivity contribution in [2.45, 2.75) is 48.3 Å². The largest absolute Gasteiger partial charge is 0.324 e. The van der Waals surface area contributed by atoms with E-state index in [2.05, 4.69) is 26.2 Å². The quantitative estimate of drug-likeness (QED) is 0.596. The van der Waals surface area contributed by atoms with Crippen LogP contribution in [0, 0.1) is 6.92 Å². The maximum absolute atomic E-state index is 12.7. The number of amides is 1. The van der Waals surface area contributed by atoms with Gasteiger partial charge in [-0.15, -0.1) is 0 Å². The number of sulfonamides is 1. The van der Waals surface area contributed by atoms with Crippen molar-refractivity contribution in [2.24, 2.45) is 0 Å². The molecule has 1 unspecified atom stereocenters. The molecule has 1 aromatic carbocycles. The van der Waals surface area contributed by atoms with Crippen LogP contribution in [0.4, 0.5) is 5.69 Å². The molecular formula is C20H24BrN3O3S2. The van der Waals surface area contributed by atoms with Crippen molar-refractivity contribution in [1.29, 1.82) is 0 Å². The van der Waals surface area contributed by atoms with Crippen LogP contribution in [0.5, 0.6) is 0 Å². The van der Waals surface area contributed by atoms with Gasteiger partial charge in [0.15, 0.2) is 0 Å². The average Bonchev–Trinajstić information content (AvgIpc) is 2.71. The van der Waals surface area contributed by atoms with Crippen LogP contribution in [0.1, 0.15) is 31.7 Å². The van der Waals surface area contributed by atoms with Crippen LogP contribution in [-0.2, 0) is 14.8 Å². The molecule has 0 bridgehead atoms. The lowest BCUT2D eigenvalue weighted by Crippen LogP contribution is -2.35. The zero-order valence-corrected chi connectivity index (χ0v) is 19.6. The Hall–Kier alpha value is -1.42. The van der Waals surface area contributed by atoms with Gasteiger partial charge in [0.1, 0.15) is 4.90 Å². The summed E-state index contributed by atoms with van der Waals surface area (Å²) in [5.74, 6) is -0.147. The summed E-state index contributed by atoms with van der Waals surface area (Å²) in [4.78, 5) is 17.0. The minimum Gasteiger partial charge on any atom is -0.324 e. The lowest BCUT2D eigenvalue weighted by atomic mass is 10.2. The second-order valence-corrected chi connectivity index (χ2v) is 11.2. The predicted molar refractivity (Wildman–Crippen MR) is 120 cm³/mol. The molecule has 0 saturated carbocycles. The van der Waals surface area contributed by atoms with E-state index in [9.17, 15) is 13.2 Å². The third-order valence-corrected chi connectivity index (χ3v) is 8.30. The van der Waals surface area contributed by atoms with Crippen molar-refractivity contribution in [3.05, 3.63) is 46.6 Å². The van der Waals surface area contributed by atoms with Gasteiger partial charge in [-0.25, -0.2) is 13.4 Å². The van der Waals surface area contributed by atoms with Gasteiger partial charge in [0.2, 0.25) is 15.9 Å². The molecule has 3 rings (SSSR count). The Balaban J connectivity index is 1.63. The number of benzene rings is 1. The Labute approximate surface area is 184 Å². The number of hydrogen-bond acceptors (Lipinski definition) is 5. The number of halogens is 1. The maximum Gasteiger partial charge on any atom is 0.244 e. The summed E-state index contributed by atoms with van der Waals surface area (Å²) in [5.41, 5.74) is 1.81. The van der Waals surface area contributed by atoms with Crippen molar-refractivity contribution >= 4 is 49.3 Å². The summed E-state index contributed by atoms with van der Waals surface area (Å²) in [7, 11) is -3.50. The van der Waals surface area contributed by atoms with Crippen LogP contribution >= 0.6 is 27.7 Å². The second kappa shape index (κ2) is 9.59. The molecule has 1 aliphatic rings. The Morgan fingerprint density at radius 3 is 2.55 bits per heavy atom. The first-order valence-electron chi connectivity index (χ1n) is 9.47. The van der Waals surface area contributed by atoms with E-state index in [1.807, 2.05) is 25.1 Å². The van der Waals surface area contributed by atoms with E-state index in [0.29, 0.717) is 23.8 Å². The molecule has 1 fully saturated rings. The van der Waals surface area contributed by atoms with E-state index < -0.39 is 10.0 Å². The minimum atomic E-state index is -3.50. The SMILES string of the molecule is Cc1ccc(NC(=O)C(C)Sc2ccc(S(=O)(=O)N3CCCCC3)cn2)c(Br)c1. The Kier molecular flexibility index (Phi) is 7.37. The molecular weight excluding hydrogens is 474 g/mol. The van der Waals surface area contributed by atoms with Crippen LogP contribution in [0.25, 0.3) is 0 Å². The monoisotopic (exact) mass is 497 g/mol. The molecule has 1 amide bonds. The molecule has 156 valence electrons. The van der Waals surface area contributed by atoms with Crippen molar-refractivity contribution in [1.82, 2.24) is 9.29 Å². The number of piperidine rings is 1. The lowest BCUT2D eigenvalue weighted by molar-refractivity contribution is -0.115. The Morgan fingerprint density at radius 1 is 1.21 bits per heavy atom. The first-order valence-corrected chi connectivity index (χ1v) is 12.6. The number of thioether (sulfide) groups is 1. The van der Waals surface area contributed by atoms with Crippen molar-refractivity contribution in [3.8, 4) is 0 Å². The maximum atomic E-state index is 12.7. The van der Waals surface area contributed by atoms with Gasteiger partial charge in [0.05, 0.1) is 16.0 Å². The third kappa shape index (κ3) is 5.59. The van der Waals surface area contributed by atoms with Gasteiger partial charge in [-0.1, -0.05) is 24.2 Å². The molecule has 2 heterocycles. The minimum absolute atomic E-state index is 0.147. The topological polar surface area (TPSA) is 79.4 Å². The molecule has 1 atom stereocenters. The van der Waals surface area contributed by atoms with Crippen molar-refractivity contribution in [2.75, 3.05) is 18.4 Å². The number of nitrogens with one attached hydrogen (secondary N) is 1. The first-order chi connectivity index (χ1) is 13.8. The summed E-state index contributed by atoms with van der Waals surface area (Å²) in [5, 5.41) is 3.12. The standard InChI is InChI=1S/C20H24BrN3O3S2/c1-14-6-8-18(17(21)12-14)23-20(25)15(2)28-19-9-7-16(13-22-19)29(26,27)24-10-4-3-5-11-24/h6-9,12-13,15H,3-5,10-11H2,1-2H3,(H,23,25). The fraction of sp³-hybridized carbons (Fsp3) is 0.400. The highest BCUT2D eigenvalue weighted by atomic mass is 79.9. The number of hydrogen-bond donors (Lipinski definition) is 1. The Morgan fingerprint density at radius 2 is 1.93 bits per heavy atom. The third-order valence-electron chi connectivity index (χ3n) is 4.71. The number of rotatable bonds is 6. The summed E-state index contributed by atoms with van der Waals surface area (Å²) in [6.07, 6.45) is 4.24. The summed E-state index contributed by atoms with van der Waals surface area (Å²) >= 11 is 4.74. The first kappa shape index (κ1) is 22.3. The molecule has 1 aromatic heterocycles. The van der Waals surface area contributed by atoms with Crippen LogP contribution < -0.4 is 5.32 Å². The number of anilines is 1. The summed E-state index contributed by atoms with van der Waals surface area (Å²) in [6, 6.07) is 8.96. The molecule has 0 radical (unpaired) electrons. The predicted octanol–water partition coefficient (Wildman–Crippen LogP) is 4.45. The van der Waals surface area contributed by atoms with Gasteiger partial charge < -0.3 is 5.32 Å². The van der Waals surface area contributed by atoms with Gasteiger partial charge in [-0.2, -0.15) is 4.31 Å². The van der Waals surface area contributed by atoms with Crippen LogP contribution in [0.3, 0.4) is 0 Å². The van der Waals surface area contributed by atoms with Gasteiger partial charge in [-0.3, -0.25) is 4.79 Å². The lowest BCUT2D eigenvalue weighted by Gasteiger charge is -2.25. The van der Waals surface area contributed by atoms with Crippen molar-refractivity contribution < 1.29 is 13.2 Å². The molecule has 29 heavy (non-hydrogen) atoms. The number of carbonyl (C=O) groups is 1. The zero-order chi connectivity index (χ0) is 21.0. The van der Waals surface area contributed by atoms with Crippen molar-refractivity contribution in [3.63, 3.8) is 0 Å². The highest BCUT2D eigenvalue weighted by Crippen LogP contribution is 2.27. The van der Waals surface area contributed by atoms with E-state index in [1.165, 1.54) is 22.3 Å². The van der Waals surface area contributed by atoms with Crippen LogP contribution in [-0.4, -0.2) is 42.0 Å². The molecule has 6 nitrogen and oxygen atoms in total. The number of carbonyl (C=O) groups excluding carboxylic acids is 1. The highest BCUT2D eigenvalue weighted by molar-refractivity contribution is 9.10. The molecule has 1 aliphatic heterocycles. The number of aromatic nitrogens is 1. The summed E-state index contributed by atoms with van der Waals surface area (Å²) in [6.45, 7) is 4.90. The Bertz CT molecular complexity index is 975. The molecule has 1 N–H and O–H groups in total. The fourth-order valence-corrected chi connectivity index (χ4v) is 5.88. The molecule has 0 spiro atoms. The van der Waals surface area contributed by atoms with Gasteiger partial charge in [0.25, 0.3) is 0 Å². The van der Waals surface area contributed by atoms with Gasteiger partial charge in [0, 0.05) is 23.8 Å². The average molecular weight is 498 g/mol. The molecule has 2 aromatic rings. The normalized spacial score (nSPS) is 16.4. The number of nitrogens with zero attached hydrogens (tertiary/aromatic N) is 2. The molecule has 9 heteroatoms. The van der Waals surface area contributed by atoms with Crippen LogP contribution in [0.2, 0.25) is 0 Å². The summed E-state index contributed by atoms with van der Waals surface area (Å²) < 4.78 is 27.7. The van der Waals surface area contributed by atoms with E-state index in [4.69, 9.17) is 0 Å². The number of aryl methyl sites for hydroxylation is 1. The van der Waals surface area contributed by atoms with E-state index >= 15 is 0 Å². The second-order valence-electron chi connectivity index (χ2n) is 7.03.